The summed E-state index contributed by atoms with van der Waals surface area (Å²) < 4.78 is 6.08. The summed E-state index contributed by atoms with van der Waals surface area (Å²) >= 11 is 2.04. The first kappa shape index (κ1) is 14.4. The van der Waals surface area contributed by atoms with Gasteiger partial charge in [-0.05, 0) is 39.8 Å². The number of hydrogen-bond donors (Lipinski definition) is 1. The number of nitrogens with two attached hydrogens (primary N) is 1. The predicted molar refractivity (Wildman–Crippen MR) is 85.4 cm³/mol. The molecule has 106 valence electrons. The molecule has 1 aliphatic rings. The molecule has 0 saturated carbocycles. The minimum Gasteiger partial charge on any atom is -0.489 e. The molecule has 1 fully saturated rings. The molecule has 0 atom stereocenters. The quantitative estimate of drug-likeness (QED) is 0.861. The molecule has 0 aliphatic carbocycles. The van der Waals surface area contributed by atoms with Gasteiger partial charge in [0.15, 0.2) is 0 Å². The van der Waals surface area contributed by atoms with Gasteiger partial charge >= 0.3 is 0 Å². The summed E-state index contributed by atoms with van der Waals surface area (Å²) in [5, 5.41) is 0. The summed E-state index contributed by atoms with van der Waals surface area (Å²) in [7, 11) is 0. The Kier molecular flexibility index (Phi) is 4.19. The van der Waals surface area contributed by atoms with Crippen molar-refractivity contribution in [3.63, 3.8) is 0 Å². The van der Waals surface area contributed by atoms with Gasteiger partial charge in [0.2, 0.25) is 0 Å². The molecule has 3 nitrogen and oxygen atoms in total. The number of rotatable bonds is 3. The van der Waals surface area contributed by atoms with Crippen LogP contribution < -0.4 is 15.4 Å². The number of hydrogen-bond acceptors (Lipinski definition) is 4. The average molecular weight is 280 g/mol. The van der Waals surface area contributed by atoms with Crippen LogP contribution >= 0.6 is 11.8 Å². The minimum absolute atomic E-state index is 0.144. The van der Waals surface area contributed by atoms with Gasteiger partial charge in [-0.1, -0.05) is 0 Å². The maximum absolute atomic E-state index is 5.97. The van der Waals surface area contributed by atoms with Crippen molar-refractivity contribution >= 4 is 23.1 Å². The van der Waals surface area contributed by atoms with Crippen LogP contribution in [-0.2, 0) is 0 Å². The lowest BCUT2D eigenvalue weighted by Gasteiger charge is -2.39. The molecule has 19 heavy (non-hydrogen) atoms. The summed E-state index contributed by atoms with van der Waals surface area (Å²) in [6.07, 6.45) is 0.144. The Labute approximate surface area is 120 Å². The van der Waals surface area contributed by atoms with Crippen LogP contribution in [0.3, 0.4) is 0 Å². The first-order valence-corrected chi connectivity index (χ1v) is 7.81. The van der Waals surface area contributed by atoms with Crippen molar-refractivity contribution in [1.82, 2.24) is 0 Å². The smallest absolute Gasteiger partial charge is 0.144 e. The van der Waals surface area contributed by atoms with Crippen molar-refractivity contribution in [2.45, 2.75) is 38.5 Å². The molecule has 1 aromatic carbocycles. The van der Waals surface area contributed by atoms with E-state index in [0.717, 1.165) is 24.6 Å². The van der Waals surface area contributed by atoms with Gasteiger partial charge in [-0.25, -0.2) is 0 Å². The zero-order valence-electron chi connectivity index (χ0n) is 12.3. The highest BCUT2D eigenvalue weighted by Crippen LogP contribution is 2.35. The van der Waals surface area contributed by atoms with Crippen molar-refractivity contribution in [3.8, 4) is 5.75 Å². The average Bonchev–Trinajstić information content (AvgIpc) is 2.30. The van der Waals surface area contributed by atoms with E-state index in [1.54, 1.807) is 0 Å². The lowest BCUT2D eigenvalue weighted by molar-refractivity contribution is 0.244. The Morgan fingerprint density at radius 3 is 2.74 bits per heavy atom. The van der Waals surface area contributed by atoms with Gasteiger partial charge in [0.05, 0.1) is 11.8 Å². The molecule has 0 aromatic heterocycles. The largest absolute Gasteiger partial charge is 0.489 e. The summed E-state index contributed by atoms with van der Waals surface area (Å²) in [6.45, 7) is 10.8. The van der Waals surface area contributed by atoms with Crippen molar-refractivity contribution < 1.29 is 4.74 Å². The number of anilines is 2. The normalized spacial score (nSPS) is 18.7. The lowest BCUT2D eigenvalue weighted by atomic mass is 10.1. The minimum atomic E-state index is 0.144. The number of ether oxygens (including phenoxy) is 1. The molecule has 1 heterocycles. The molecule has 0 spiro atoms. The van der Waals surface area contributed by atoms with Crippen LogP contribution in [0.25, 0.3) is 0 Å². The SMILES string of the molecule is CC(C)Oc1cc(N2CCSC(C)(C)C2)ccc1N. The number of thioether (sulfide) groups is 1. The van der Waals surface area contributed by atoms with E-state index in [1.807, 2.05) is 31.7 Å². The van der Waals surface area contributed by atoms with Crippen LogP contribution in [0.5, 0.6) is 5.75 Å². The first-order valence-electron chi connectivity index (χ1n) is 6.82. The zero-order valence-corrected chi connectivity index (χ0v) is 13.1. The third kappa shape index (κ3) is 3.72. The highest BCUT2D eigenvalue weighted by molar-refractivity contribution is 8.00. The fourth-order valence-corrected chi connectivity index (χ4v) is 3.42. The van der Waals surface area contributed by atoms with Crippen molar-refractivity contribution in [1.29, 1.82) is 0 Å². The van der Waals surface area contributed by atoms with Crippen molar-refractivity contribution in [2.24, 2.45) is 0 Å². The Morgan fingerprint density at radius 1 is 1.37 bits per heavy atom. The van der Waals surface area contributed by atoms with Crippen LogP contribution in [0.1, 0.15) is 27.7 Å². The molecular weight excluding hydrogens is 256 g/mol. The molecule has 1 aliphatic heterocycles. The van der Waals surface area contributed by atoms with Crippen LogP contribution in [0.15, 0.2) is 18.2 Å². The van der Waals surface area contributed by atoms with Crippen LogP contribution in [0.2, 0.25) is 0 Å². The Bertz CT molecular complexity index is 446. The Hall–Kier alpha value is -1.03. The van der Waals surface area contributed by atoms with Gasteiger partial charge in [0.1, 0.15) is 5.75 Å². The van der Waals surface area contributed by atoms with E-state index >= 15 is 0 Å². The third-order valence-corrected chi connectivity index (χ3v) is 4.45. The van der Waals surface area contributed by atoms with E-state index in [-0.39, 0.29) is 6.10 Å². The molecule has 0 amide bonds. The van der Waals surface area contributed by atoms with Crippen LogP contribution in [0.4, 0.5) is 11.4 Å². The fourth-order valence-electron chi connectivity index (χ4n) is 2.31. The van der Waals surface area contributed by atoms with Crippen LogP contribution in [-0.4, -0.2) is 29.7 Å². The zero-order chi connectivity index (χ0) is 14.0. The van der Waals surface area contributed by atoms with Gasteiger partial charge in [0, 0.05) is 35.3 Å². The number of nitrogens with zero attached hydrogens (tertiary/aromatic N) is 1. The summed E-state index contributed by atoms with van der Waals surface area (Å²) in [6, 6.07) is 6.11. The summed E-state index contributed by atoms with van der Waals surface area (Å²) in [5.74, 6) is 1.96. The van der Waals surface area contributed by atoms with Crippen molar-refractivity contribution in [3.05, 3.63) is 18.2 Å². The molecule has 0 unspecified atom stereocenters. The van der Waals surface area contributed by atoms with Gasteiger partial charge in [-0.15, -0.1) is 0 Å². The monoisotopic (exact) mass is 280 g/mol. The third-order valence-electron chi connectivity index (χ3n) is 3.15. The maximum atomic E-state index is 5.97. The van der Waals surface area contributed by atoms with Crippen molar-refractivity contribution in [2.75, 3.05) is 29.5 Å². The van der Waals surface area contributed by atoms with Crippen LogP contribution in [0, 0.1) is 0 Å². The second kappa shape index (κ2) is 5.53. The second-order valence-electron chi connectivity index (χ2n) is 5.92. The van der Waals surface area contributed by atoms with E-state index in [1.165, 1.54) is 5.69 Å². The summed E-state index contributed by atoms with van der Waals surface area (Å²) in [5.41, 5.74) is 7.89. The topological polar surface area (TPSA) is 38.5 Å². The van der Waals surface area contributed by atoms with Gasteiger partial charge in [-0.2, -0.15) is 11.8 Å². The van der Waals surface area contributed by atoms with Gasteiger partial charge in [-0.3, -0.25) is 0 Å². The second-order valence-corrected chi connectivity index (χ2v) is 7.72. The molecular formula is C15H24N2OS. The molecule has 4 heteroatoms. The predicted octanol–water partition coefficient (Wildman–Crippen LogP) is 3.39. The Balaban J connectivity index is 2.20. The van der Waals surface area contributed by atoms with E-state index in [0.29, 0.717) is 10.4 Å². The van der Waals surface area contributed by atoms with E-state index in [4.69, 9.17) is 10.5 Å². The molecule has 0 bridgehead atoms. The molecule has 1 aromatic rings. The highest BCUT2D eigenvalue weighted by atomic mass is 32.2. The lowest BCUT2D eigenvalue weighted by Crippen LogP contribution is -2.43. The molecule has 2 rings (SSSR count). The number of nitrogen functional groups attached to an aromatic ring is 1. The van der Waals surface area contributed by atoms with Gasteiger partial charge in [0.25, 0.3) is 0 Å². The number of benzene rings is 1. The fraction of sp³-hybridized carbons (Fsp3) is 0.600. The summed E-state index contributed by atoms with van der Waals surface area (Å²) in [4.78, 5) is 2.42. The maximum Gasteiger partial charge on any atom is 0.144 e. The van der Waals surface area contributed by atoms with E-state index in [9.17, 15) is 0 Å². The molecule has 2 N–H and O–H groups in total. The highest BCUT2D eigenvalue weighted by Gasteiger charge is 2.27. The molecule has 0 radical (unpaired) electrons. The standard InChI is InChI=1S/C15H24N2OS/c1-11(2)18-14-9-12(5-6-13(14)16)17-7-8-19-15(3,4)10-17/h5-6,9,11H,7-8,10,16H2,1-4H3. The van der Waals surface area contributed by atoms with Gasteiger partial charge < -0.3 is 15.4 Å². The molecule has 1 saturated heterocycles. The van der Waals surface area contributed by atoms with E-state index < -0.39 is 0 Å². The Morgan fingerprint density at radius 2 is 2.11 bits per heavy atom. The first-order chi connectivity index (χ1) is 8.87. The van der Waals surface area contributed by atoms with E-state index in [2.05, 4.69) is 30.9 Å².